The van der Waals surface area contributed by atoms with Crippen LogP contribution in [0.5, 0.6) is 11.5 Å². The van der Waals surface area contributed by atoms with Crippen molar-refractivity contribution in [3.63, 3.8) is 0 Å². The summed E-state index contributed by atoms with van der Waals surface area (Å²) in [6, 6.07) is 5.21. The molecule has 7 atom stereocenters. The summed E-state index contributed by atoms with van der Waals surface area (Å²) in [6.45, 7) is 9.78. The van der Waals surface area contributed by atoms with Gasteiger partial charge in [0.1, 0.15) is 5.78 Å². The molecule has 0 aliphatic heterocycles. The van der Waals surface area contributed by atoms with E-state index in [1.54, 1.807) is 31.4 Å². The van der Waals surface area contributed by atoms with Crippen molar-refractivity contribution in [1.29, 1.82) is 0 Å². The first-order valence-corrected chi connectivity index (χ1v) is 14.5. The van der Waals surface area contributed by atoms with Crippen LogP contribution in [0, 0.1) is 34.0 Å². The summed E-state index contributed by atoms with van der Waals surface area (Å²) in [6.07, 6.45) is 8.61. The number of Topliss-reactive ketones (excluding diaryl/α,β-unsaturated/α-hetero) is 1. The lowest BCUT2D eigenvalue weighted by Crippen LogP contribution is -2.56. The van der Waals surface area contributed by atoms with E-state index in [1.165, 1.54) is 13.2 Å². The highest BCUT2D eigenvalue weighted by Gasteiger charge is 2.65. The Kier molecular flexibility index (Phi) is 9.02. The van der Waals surface area contributed by atoms with Gasteiger partial charge in [-0.2, -0.15) is 0 Å². The zero-order chi connectivity index (χ0) is 30.0. The summed E-state index contributed by atoms with van der Waals surface area (Å²) >= 11 is 0. The van der Waals surface area contributed by atoms with Gasteiger partial charge in [-0.25, -0.2) is 9.59 Å². The number of carbonyl (C=O) groups excluding carboxylic acids is 3. The molecule has 4 fully saturated rings. The van der Waals surface area contributed by atoms with E-state index < -0.39 is 35.5 Å². The zero-order valence-corrected chi connectivity index (χ0v) is 24.9. The Morgan fingerprint density at radius 3 is 2.46 bits per heavy atom. The van der Waals surface area contributed by atoms with Crippen molar-refractivity contribution in [2.24, 2.45) is 34.0 Å². The standard InChI is InChI=1S/C33H44O8/c1-7-31(3)15-12-23-13-16-33(21(2)30(31)37)17-14-24(34)29(33)32(23,4)20-41-28(36)19-40-27(35)11-9-22-8-10-25(38-5)26(18-22)39-6/h7-11,18,21,23,29-30,37H,1,12-17,19-20H2,2-6H3/b11-9+/t21-,23+,29-,30-,31+,32+,33-/m0/s1. The highest BCUT2D eigenvalue weighted by molar-refractivity contribution is 5.89. The van der Waals surface area contributed by atoms with Crippen molar-refractivity contribution in [1.82, 2.24) is 0 Å². The normalized spacial score (nSPS) is 34.7. The topological polar surface area (TPSA) is 108 Å². The molecule has 0 heterocycles. The van der Waals surface area contributed by atoms with Crippen LogP contribution in [0.25, 0.3) is 6.08 Å². The number of carbonyl (C=O) groups is 3. The summed E-state index contributed by atoms with van der Waals surface area (Å²) in [5.41, 5.74) is -0.665. The van der Waals surface area contributed by atoms with Crippen LogP contribution < -0.4 is 9.47 Å². The first kappa shape index (κ1) is 30.8. The lowest BCUT2D eigenvalue weighted by molar-refractivity contribution is -0.171. The van der Waals surface area contributed by atoms with Crippen molar-refractivity contribution in [2.75, 3.05) is 27.4 Å². The summed E-state index contributed by atoms with van der Waals surface area (Å²) in [5, 5.41) is 11.5. The van der Waals surface area contributed by atoms with Crippen LogP contribution in [0.1, 0.15) is 64.9 Å². The number of fused-ring (bicyclic) bond motifs is 5. The number of aliphatic hydroxyl groups is 1. The Balaban J connectivity index is 1.43. The summed E-state index contributed by atoms with van der Waals surface area (Å²) < 4.78 is 21.4. The van der Waals surface area contributed by atoms with Gasteiger partial charge in [-0.1, -0.05) is 32.9 Å². The molecule has 4 aliphatic rings. The average Bonchev–Trinajstić information content (AvgIpc) is 3.35. The number of methoxy groups -OCH3 is 2. The number of rotatable bonds is 9. The molecule has 4 saturated carbocycles. The van der Waals surface area contributed by atoms with Gasteiger partial charge in [0, 0.05) is 29.2 Å². The lowest BCUT2D eigenvalue weighted by Gasteiger charge is -2.55. The smallest absolute Gasteiger partial charge is 0.344 e. The van der Waals surface area contributed by atoms with E-state index >= 15 is 0 Å². The molecular formula is C33H44O8. The van der Waals surface area contributed by atoms with Gasteiger partial charge in [0.25, 0.3) is 0 Å². The van der Waals surface area contributed by atoms with Crippen molar-refractivity contribution >= 4 is 23.8 Å². The Hall–Kier alpha value is -3.13. The molecular weight excluding hydrogens is 524 g/mol. The Morgan fingerprint density at radius 1 is 1.07 bits per heavy atom. The molecule has 224 valence electrons. The third kappa shape index (κ3) is 5.68. The van der Waals surface area contributed by atoms with E-state index in [2.05, 4.69) is 27.4 Å². The molecule has 1 aromatic carbocycles. The molecule has 1 spiro atoms. The van der Waals surface area contributed by atoms with Gasteiger partial charge < -0.3 is 24.1 Å². The number of benzene rings is 1. The SMILES string of the molecule is C=C[C@]1(C)CC[C@@H]2CC[C@]3(CCC(=O)[C@H]3[C@]2(C)COC(=O)COC(=O)/C=C/c2ccc(OC)c(OC)c2)[C@@H](C)[C@@H]1O. The largest absolute Gasteiger partial charge is 0.493 e. The maximum Gasteiger partial charge on any atom is 0.344 e. The monoisotopic (exact) mass is 568 g/mol. The molecule has 0 unspecified atom stereocenters. The molecule has 0 radical (unpaired) electrons. The number of hydrogen-bond donors (Lipinski definition) is 1. The predicted octanol–water partition coefficient (Wildman–Crippen LogP) is 5.17. The van der Waals surface area contributed by atoms with E-state index in [4.69, 9.17) is 18.9 Å². The summed E-state index contributed by atoms with van der Waals surface area (Å²) in [5.74, 6) is -0.291. The van der Waals surface area contributed by atoms with Gasteiger partial charge in [-0.3, -0.25) is 4.79 Å². The Labute approximate surface area is 243 Å². The van der Waals surface area contributed by atoms with Gasteiger partial charge >= 0.3 is 11.9 Å². The van der Waals surface area contributed by atoms with Gasteiger partial charge in [0.05, 0.1) is 26.9 Å². The summed E-state index contributed by atoms with van der Waals surface area (Å²) in [7, 11) is 3.07. The summed E-state index contributed by atoms with van der Waals surface area (Å²) in [4.78, 5) is 38.5. The van der Waals surface area contributed by atoms with E-state index in [0.717, 1.165) is 32.1 Å². The van der Waals surface area contributed by atoms with E-state index in [-0.39, 0.29) is 35.6 Å². The number of ether oxygens (including phenoxy) is 4. The fraction of sp³-hybridized carbons (Fsp3) is 0.606. The van der Waals surface area contributed by atoms with Crippen molar-refractivity contribution in [3.05, 3.63) is 42.5 Å². The maximum atomic E-state index is 13.5. The molecule has 8 heteroatoms. The number of aliphatic hydroxyl groups excluding tert-OH is 1. The number of hydrogen-bond acceptors (Lipinski definition) is 8. The van der Waals surface area contributed by atoms with Crippen LogP contribution in [-0.4, -0.2) is 56.4 Å². The van der Waals surface area contributed by atoms with Gasteiger partial charge in [0.2, 0.25) is 0 Å². The minimum atomic E-state index is -0.680. The molecule has 8 nitrogen and oxygen atoms in total. The molecule has 4 aliphatic carbocycles. The van der Waals surface area contributed by atoms with Crippen LogP contribution in [0.2, 0.25) is 0 Å². The van der Waals surface area contributed by atoms with E-state index in [1.807, 2.05) is 6.08 Å². The molecule has 1 N–H and O–H groups in total. The van der Waals surface area contributed by atoms with Crippen LogP contribution in [-0.2, 0) is 23.9 Å². The number of ketones is 1. The highest BCUT2D eigenvalue weighted by Crippen LogP contribution is 2.66. The molecule has 0 saturated heterocycles. The van der Waals surface area contributed by atoms with Crippen LogP contribution in [0.15, 0.2) is 36.9 Å². The predicted molar refractivity (Wildman–Crippen MR) is 154 cm³/mol. The second-order valence-electron chi connectivity index (χ2n) is 12.6. The van der Waals surface area contributed by atoms with Crippen LogP contribution in [0.3, 0.4) is 0 Å². The second kappa shape index (κ2) is 12.0. The molecule has 2 bridgehead atoms. The quantitative estimate of drug-likeness (QED) is 0.247. The van der Waals surface area contributed by atoms with Gasteiger partial charge in [0.15, 0.2) is 18.1 Å². The number of esters is 2. The minimum Gasteiger partial charge on any atom is -0.493 e. The van der Waals surface area contributed by atoms with Crippen molar-refractivity contribution in [2.45, 2.75) is 65.4 Å². The molecule has 5 rings (SSSR count). The molecule has 0 amide bonds. The van der Waals surface area contributed by atoms with Crippen molar-refractivity contribution < 1.29 is 38.4 Å². The second-order valence-corrected chi connectivity index (χ2v) is 12.6. The first-order chi connectivity index (χ1) is 19.4. The van der Waals surface area contributed by atoms with Crippen molar-refractivity contribution in [3.8, 4) is 11.5 Å². The molecule has 1 aromatic rings. The van der Waals surface area contributed by atoms with Crippen LogP contribution in [0.4, 0.5) is 0 Å². The third-order valence-corrected chi connectivity index (χ3v) is 10.5. The van der Waals surface area contributed by atoms with Crippen LogP contribution >= 0.6 is 0 Å². The van der Waals surface area contributed by atoms with E-state index in [0.29, 0.717) is 23.5 Å². The molecule has 0 aromatic heterocycles. The third-order valence-electron chi connectivity index (χ3n) is 10.5. The minimum absolute atomic E-state index is 0.0707. The maximum absolute atomic E-state index is 13.5. The highest BCUT2D eigenvalue weighted by atomic mass is 16.6. The zero-order valence-electron chi connectivity index (χ0n) is 24.9. The Morgan fingerprint density at radius 2 is 1.78 bits per heavy atom. The fourth-order valence-electron chi connectivity index (χ4n) is 7.98. The Bertz CT molecular complexity index is 1210. The average molecular weight is 569 g/mol. The first-order valence-electron chi connectivity index (χ1n) is 14.5. The fourth-order valence-corrected chi connectivity index (χ4v) is 7.98. The van der Waals surface area contributed by atoms with E-state index in [9.17, 15) is 19.5 Å². The van der Waals surface area contributed by atoms with Gasteiger partial charge in [-0.15, -0.1) is 6.58 Å². The lowest BCUT2D eigenvalue weighted by atomic mass is 9.48. The molecule has 41 heavy (non-hydrogen) atoms. The van der Waals surface area contributed by atoms with Gasteiger partial charge in [-0.05, 0) is 73.1 Å².